The topological polar surface area (TPSA) is 83.7 Å². The largest absolute Gasteiger partial charge is 0.493 e. The minimum atomic E-state index is -0.00453. The number of ether oxygens (including phenoxy) is 1. The molecule has 0 spiro atoms. The average Bonchev–Trinajstić information content (AvgIpc) is 3.34. The first-order chi connectivity index (χ1) is 15.4. The van der Waals surface area contributed by atoms with Crippen LogP contribution in [0.2, 0.25) is 0 Å². The maximum Gasteiger partial charge on any atom is 0.187 e. The van der Waals surface area contributed by atoms with Gasteiger partial charge in [0.05, 0.1) is 6.61 Å². The fourth-order valence-electron chi connectivity index (χ4n) is 4.25. The van der Waals surface area contributed by atoms with E-state index < -0.39 is 0 Å². The lowest BCUT2D eigenvalue weighted by molar-refractivity contribution is 0.0776. The monoisotopic (exact) mass is 428 g/mol. The molecule has 6 nitrogen and oxygen atoms in total. The maximum atomic E-state index is 12.7. The van der Waals surface area contributed by atoms with E-state index in [1.54, 1.807) is 6.20 Å². The van der Waals surface area contributed by atoms with E-state index in [1.807, 2.05) is 32.0 Å². The first kappa shape index (κ1) is 20.5. The summed E-state index contributed by atoms with van der Waals surface area (Å²) in [6, 6.07) is 12.3. The summed E-state index contributed by atoms with van der Waals surface area (Å²) < 4.78 is 6.00. The van der Waals surface area contributed by atoms with Gasteiger partial charge in [0.1, 0.15) is 17.1 Å². The van der Waals surface area contributed by atoms with Gasteiger partial charge in [-0.25, -0.2) is 4.98 Å². The van der Waals surface area contributed by atoms with Gasteiger partial charge in [-0.05, 0) is 74.2 Å². The van der Waals surface area contributed by atoms with E-state index in [-0.39, 0.29) is 12.2 Å². The van der Waals surface area contributed by atoms with Gasteiger partial charge in [0.15, 0.2) is 5.78 Å². The molecule has 0 aliphatic heterocycles. The number of aromatic amines is 2. The number of aromatic nitrogens is 4. The number of rotatable bonds is 7. The van der Waals surface area contributed by atoms with E-state index in [9.17, 15) is 4.79 Å². The molecule has 2 N–H and O–H groups in total. The molecule has 1 aromatic carbocycles. The molecule has 4 aromatic rings. The summed E-state index contributed by atoms with van der Waals surface area (Å²) in [6.07, 6.45) is 5.85. The minimum Gasteiger partial charge on any atom is -0.493 e. The molecule has 6 heteroatoms. The zero-order chi connectivity index (χ0) is 22.3. The number of aryl methyl sites for hydroxylation is 1. The van der Waals surface area contributed by atoms with E-state index in [1.165, 1.54) is 19.3 Å². The van der Waals surface area contributed by atoms with Crippen LogP contribution in [0.1, 0.15) is 53.5 Å². The Bertz CT molecular complexity index is 1280. The van der Waals surface area contributed by atoms with E-state index in [4.69, 9.17) is 4.74 Å². The number of H-pyrrole nitrogens is 2. The number of hydrogen-bond donors (Lipinski definition) is 2. The summed E-state index contributed by atoms with van der Waals surface area (Å²) in [4.78, 5) is 20.6. The molecule has 1 saturated carbocycles. The molecule has 1 aliphatic rings. The molecule has 1 fully saturated rings. The highest BCUT2D eigenvalue weighted by atomic mass is 16.5. The van der Waals surface area contributed by atoms with Crippen molar-refractivity contribution in [2.24, 2.45) is 5.41 Å². The van der Waals surface area contributed by atoms with E-state index >= 15 is 0 Å². The Balaban J connectivity index is 1.30. The molecule has 0 radical (unpaired) electrons. The van der Waals surface area contributed by atoms with Gasteiger partial charge in [-0.3, -0.25) is 9.89 Å². The number of nitrogens with one attached hydrogen (secondary N) is 2. The van der Waals surface area contributed by atoms with Crippen LogP contribution in [0.3, 0.4) is 0 Å². The Morgan fingerprint density at radius 1 is 1.16 bits per heavy atom. The van der Waals surface area contributed by atoms with Crippen molar-refractivity contribution in [3.8, 4) is 17.0 Å². The highest BCUT2D eigenvalue weighted by molar-refractivity contribution is 5.97. The Labute approximate surface area is 187 Å². The van der Waals surface area contributed by atoms with Gasteiger partial charge < -0.3 is 9.72 Å². The second kappa shape index (κ2) is 7.93. The van der Waals surface area contributed by atoms with Crippen LogP contribution in [0.4, 0.5) is 0 Å². The van der Waals surface area contributed by atoms with Crippen molar-refractivity contribution in [2.75, 3.05) is 6.61 Å². The molecule has 3 heterocycles. The number of benzene rings is 1. The van der Waals surface area contributed by atoms with Crippen LogP contribution in [0.15, 0.2) is 42.6 Å². The fraction of sp³-hybridized carbons (Fsp3) is 0.346. The molecule has 164 valence electrons. The summed E-state index contributed by atoms with van der Waals surface area (Å²) in [5.74, 6) is 0.899. The van der Waals surface area contributed by atoms with Crippen LogP contribution in [0, 0.1) is 19.3 Å². The molecule has 0 amide bonds. The van der Waals surface area contributed by atoms with Crippen LogP contribution in [-0.4, -0.2) is 32.6 Å². The number of carbonyl (C=O) groups excluding carboxylic acids is 1. The first-order valence-corrected chi connectivity index (χ1v) is 11.2. The predicted molar refractivity (Wildman–Crippen MR) is 125 cm³/mol. The van der Waals surface area contributed by atoms with Crippen LogP contribution in [-0.2, 0) is 6.42 Å². The SMILES string of the molecule is Cc1[nH]nc(C(=O)Cc2cnc3[nH]c(-c4ccc(OCC5(C)CCC5)cc4)cc3c2)c1C. The van der Waals surface area contributed by atoms with E-state index in [2.05, 4.69) is 45.3 Å². The zero-order valence-corrected chi connectivity index (χ0v) is 18.8. The number of ketones is 1. The lowest BCUT2D eigenvalue weighted by atomic mass is 9.71. The third kappa shape index (κ3) is 3.93. The van der Waals surface area contributed by atoms with Gasteiger partial charge in [-0.15, -0.1) is 0 Å². The summed E-state index contributed by atoms with van der Waals surface area (Å²) in [5, 5.41) is 8.01. The standard InChI is InChI=1S/C26H28N4O2/c1-16-17(2)29-30-24(16)23(31)12-18-11-20-13-22(28-25(20)27-14-18)19-5-7-21(8-6-19)32-15-26(3)9-4-10-26/h5-8,11,13-14H,4,9-10,12,15H2,1-3H3,(H,27,28)(H,29,30). The molecule has 5 rings (SSSR count). The Morgan fingerprint density at radius 2 is 1.94 bits per heavy atom. The van der Waals surface area contributed by atoms with Gasteiger partial charge >= 0.3 is 0 Å². The van der Waals surface area contributed by atoms with Crippen molar-refractivity contribution < 1.29 is 9.53 Å². The quantitative estimate of drug-likeness (QED) is 0.377. The van der Waals surface area contributed by atoms with Crippen molar-refractivity contribution >= 4 is 16.8 Å². The highest BCUT2D eigenvalue weighted by Gasteiger charge is 2.32. The highest BCUT2D eigenvalue weighted by Crippen LogP contribution is 2.40. The van der Waals surface area contributed by atoms with Crippen molar-refractivity contribution in [3.05, 3.63) is 65.1 Å². The average molecular weight is 429 g/mol. The lowest BCUT2D eigenvalue weighted by Crippen LogP contribution is -2.32. The normalized spacial score (nSPS) is 15.0. The van der Waals surface area contributed by atoms with Gasteiger partial charge in [0.25, 0.3) is 0 Å². The Hall–Kier alpha value is -3.41. The molecule has 1 aliphatic carbocycles. The Morgan fingerprint density at radius 3 is 2.59 bits per heavy atom. The van der Waals surface area contributed by atoms with Crippen LogP contribution >= 0.6 is 0 Å². The number of Topliss-reactive ketones (excluding diaryl/α,β-unsaturated/α-hetero) is 1. The van der Waals surface area contributed by atoms with Gasteiger partial charge in [-0.1, -0.05) is 13.3 Å². The van der Waals surface area contributed by atoms with Crippen LogP contribution in [0.5, 0.6) is 5.75 Å². The number of nitrogens with zero attached hydrogens (tertiary/aromatic N) is 2. The van der Waals surface area contributed by atoms with Gasteiger partial charge in [-0.2, -0.15) is 5.10 Å². The van der Waals surface area contributed by atoms with Crippen molar-refractivity contribution in [2.45, 2.75) is 46.5 Å². The van der Waals surface area contributed by atoms with Crippen LogP contribution in [0.25, 0.3) is 22.3 Å². The second-order valence-corrected chi connectivity index (χ2v) is 9.36. The number of carbonyl (C=O) groups is 1. The minimum absolute atomic E-state index is 0.00453. The molecule has 3 aromatic heterocycles. The van der Waals surface area contributed by atoms with Crippen molar-refractivity contribution in [3.63, 3.8) is 0 Å². The summed E-state index contributed by atoms with van der Waals surface area (Å²) in [6.45, 7) is 6.90. The summed E-state index contributed by atoms with van der Waals surface area (Å²) in [7, 11) is 0. The first-order valence-electron chi connectivity index (χ1n) is 11.2. The molecule has 0 unspecified atom stereocenters. The van der Waals surface area contributed by atoms with Crippen molar-refractivity contribution in [1.29, 1.82) is 0 Å². The van der Waals surface area contributed by atoms with Gasteiger partial charge in [0.2, 0.25) is 0 Å². The van der Waals surface area contributed by atoms with Crippen LogP contribution < -0.4 is 4.74 Å². The molecular formula is C26H28N4O2. The smallest absolute Gasteiger partial charge is 0.187 e. The van der Waals surface area contributed by atoms with Gasteiger partial charge in [0, 0.05) is 40.4 Å². The predicted octanol–water partition coefficient (Wildman–Crippen LogP) is 5.56. The molecule has 32 heavy (non-hydrogen) atoms. The molecule has 0 saturated heterocycles. The fourth-order valence-corrected chi connectivity index (χ4v) is 4.25. The van der Waals surface area contributed by atoms with E-state index in [0.717, 1.165) is 51.5 Å². The third-order valence-corrected chi connectivity index (χ3v) is 6.72. The summed E-state index contributed by atoms with van der Waals surface area (Å²) >= 11 is 0. The molecular weight excluding hydrogens is 400 g/mol. The van der Waals surface area contributed by atoms with E-state index in [0.29, 0.717) is 11.1 Å². The maximum absolute atomic E-state index is 12.7. The zero-order valence-electron chi connectivity index (χ0n) is 18.8. The summed E-state index contributed by atoms with van der Waals surface area (Å²) in [5.41, 5.74) is 6.43. The second-order valence-electron chi connectivity index (χ2n) is 9.36. The molecule has 0 bridgehead atoms. The number of fused-ring (bicyclic) bond motifs is 1. The number of hydrogen-bond acceptors (Lipinski definition) is 4. The Kier molecular flexibility index (Phi) is 5.08. The number of pyridine rings is 1. The third-order valence-electron chi connectivity index (χ3n) is 6.72. The van der Waals surface area contributed by atoms with Crippen molar-refractivity contribution in [1.82, 2.24) is 20.2 Å². The molecule has 0 atom stereocenters. The lowest BCUT2D eigenvalue weighted by Gasteiger charge is -2.37.